The van der Waals surface area contributed by atoms with Crippen molar-refractivity contribution in [2.75, 3.05) is 27.2 Å². The Morgan fingerprint density at radius 1 is 0.881 bits per heavy atom. The smallest absolute Gasteiger partial charge is 0.327 e. The number of fused-ring (bicyclic) bond motifs is 1. The topological polar surface area (TPSA) is 58.4 Å². The molecule has 0 radical (unpaired) electrons. The second-order valence-electron chi connectivity index (χ2n) is 9.85. The van der Waals surface area contributed by atoms with Gasteiger partial charge in [-0.1, -0.05) is 24.3 Å². The SMILES string of the molecule is CC(c1nc2ccccc2c(=O)n1-c1ccccc1F)N(CCN(C)C)C(=O)c1cc(C(F)(F)F)cc(C(F)(F)F)c1. The standard InChI is InChI=1S/C29H25F7N4O2/c1-17(25-37-23-10-6-4-8-21(23)27(42)40(25)24-11-7-5-9-22(24)30)39(13-12-38(2)3)26(41)18-14-19(28(31,32)33)16-20(15-18)29(34,35)36/h4-11,14-17H,12-13H2,1-3H3. The van der Waals surface area contributed by atoms with Crippen molar-refractivity contribution in [3.63, 3.8) is 0 Å². The molecule has 6 nitrogen and oxygen atoms in total. The second kappa shape index (κ2) is 11.6. The second-order valence-corrected chi connectivity index (χ2v) is 9.85. The number of amides is 1. The van der Waals surface area contributed by atoms with Crippen LogP contribution in [0.3, 0.4) is 0 Å². The fourth-order valence-electron chi connectivity index (χ4n) is 4.46. The monoisotopic (exact) mass is 594 g/mol. The maximum Gasteiger partial charge on any atom is 0.416 e. The molecule has 1 aromatic heterocycles. The summed E-state index contributed by atoms with van der Waals surface area (Å²) >= 11 is 0. The van der Waals surface area contributed by atoms with Crippen molar-refractivity contribution in [3.05, 3.63) is 105 Å². The minimum Gasteiger partial charge on any atom is -0.327 e. The summed E-state index contributed by atoms with van der Waals surface area (Å²) in [6.07, 6.45) is -10.3. The molecule has 13 heteroatoms. The van der Waals surface area contributed by atoms with E-state index in [0.29, 0.717) is 12.1 Å². The first-order valence-electron chi connectivity index (χ1n) is 12.6. The lowest BCUT2D eigenvalue weighted by Crippen LogP contribution is -2.41. The zero-order chi connectivity index (χ0) is 31.0. The van der Waals surface area contributed by atoms with E-state index in [1.807, 2.05) is 0 Å². The molecular weight excluding hydrogens is 569 g/mol. The van der Waals surface area contributed by atoms with Crippen molar-refractivity contribution in [3.8, 4) is 5.69 Å². The van der Waals surface area contributed by atoms with Gasteiger partial charge in [0.1, 0.15) is 11.6 Å². The number of para-hydroxylation sites is 2. The van der Waals surface area contributed by atoms with Gasteiger partial charge in [0.2, 0.25) is 0 Å². The van der Waals surface area contributed by atoms with Gasteiger partial charge in [0, 0.05) is 18.7 Å². The highest BCUT2D eigenvalue weighted by molar-refractivity contribution is 5.95. The number of carbonyl (C=O) groups excluding carboxylic acids is 1. The average molecular weight is 595 g/mol. The van der Waals surface area contributed by atoms with Crippen LogP contribution in [0, 0.1) is 5.82 Å². The number of alkyl halides is 6. The van der Waals surface area contributed by atoms with Crippen molar-refractivity contribution in [1.29, 1.82) is 0 Å². The third-order valence-corrected chi connectivity index (χ3v) is 6.62. The number of hydrogen-bond donors (Lipinski definition) is 0. The maximum atomic E-state index is 15.0. The normalized spacial score (nSPS) is 13.0. The molecule has 4 aromatic rings. The Morgan fingerprint density at radius 3 is 2.02 bits per heavy atom. The van der Waals surface area contributed by atoms with E-state index >= 15 is 4.39 Å². The van der Waals surface area contributed by atoms with E-state index in [4.69, 9.17) is 0 Å². The molecule has 0 aliphatic rings. The van der Waals surface area contributed by atoms with E-state index < -0.39 is 52.4 Å². The summed E-state index contributed by atoms with van der Waals surface area (Å²) in [6, 6.07) is 10.9. The number of aromatic nitrogens is 2. The molecule has 1 unspecified atom stereocenters. The van der Waals surface area contributed by atoms with E-state index in [0.717, 1.165) is 15.5 Å². The zero-order valence-corrected chi connectivity index (χ0v) is 22.6. The number of benzene rings is 3. The van der Waals surface area contributed by atoms with Gasteiger partial charge in [-0.05, 0) is 63.5 Å². The van der Waals surface area contributed by atoms with Crippen LogP contribution in [0.5, 0.6) is 0 Å². The Balaban J connectivity index is 1.95. The Morgan fingerprint density at radius 2 is 1.45 bits per heavy atom. The van der Waals surface area contributed by atoms with Gasteiger partial charge in [-0.15, -0.1) is 0 Å². The van der Waals surface area contributed by atoms with E-state index in [2.05, 4.69) is 4.98 Å². The van der Waals surface area contributed by atoms with Gasteiger partial charge in [-0.25, -0.2) is 9.37 Å². The molecule has 1 heterocycles. The molecule has 1 atom stereocenters. The van der Waals surface area contributed by atoms with Crippen molar-refractivity contribution >= 4 is 16.8 Å². The maximum absolute atomic E-state index is 15.0. The molecule has 1 amide bonds. The summed E-state index contributed by atoms with van der Waals surface area (Å²) in [6.45, 7) is 1.39. The molecule has 0 saturated carbocycles. The molecule has 0 bridgehead atoms. The highest BCUT2D eigenvalue weighted by Gasteiger charge is 2.38. The molecule has 3 aromatic carbocycles. The minimum atomic E-state index is -5.17. The van der Waals surface area contributed by atoms with E-state index in [-0.39, 0.29) is 41.6 Å². The lowest BCUT2D eigenvalue weighted by atomic mass is 10.0. The van der Waals surface area contributed by atoms with Crippen LogP contribution in [0.1, 0.15) is 40.3 Å². The fraction of sp³-hybridized carbons (Fsp3) is 0.276. The first-order valence-corrected chi connectivity index (χ1v) is 12.6. The van der Waals surface area contributed by atoms with Crippen molar-refractivity contribution in [2.45, 2.75) is 25.3 Å². The Kier molecular flexibility index (Phi) is 8.44. The molecule has 42 heavy (non-hydrogen) atoms. The van der Waals surface area contributed by atoms with Crippen LogP contribution < -0.4 is 5.56 Å². The highest BCUT2D eigenvalue weighted by atomic mass is 19.4. The van der Waals surface area contributed by atoms with Gasteiger partial charge < -0.3 is 9.80 Å². The Hall–Kier alpha value is -4.26. The van der Waals surface area contributed by atoms with Gasteiger partial charge in [0.25, 0.3) is 11.5 Å². The summed E-state index contributed by atoms with van der Waals surface area (Å²) in [4.78, 5) is 34.6. The summed E-state index contributed by atoms with van der Waals surface area (Å²) in [5.41, 5.74) is -4.81. The summed E-state index contributed by atoms with van der Waals surface area (Å²) < 4.78 is 97.4. The number of likely N-dealkylation sites (N-methyl/N-ethyl adjacent to an activating group) is 1. The van der Waals surface area contributed by atoms with Crippen LogP contribution in [-0.2, 0) is 12.4 Å². The van der Waals surface area contributed by atoms with Gasteiger partial charge >= 0.3 is 12.4 Å². The van der Waals surface area contributed by atoms with Crippen molar-refractivity contribution in [1.82, 2.24) is 19.4 Å². The van der Waals surface area contributed by atoms with Gasteiger partial charge in [0.05, 0.1) is 33.8 Å². The molecule has 0 aliphatic heterocycles. The number of halogens is 7. The lowest BCUT2D eigenvalue weighted by molar-refractivity contribution is -0.143. The minimum absolute atomic E-state index is 0.0644. The first kappa shape index (κ1) is 30.7. The number of carbonyl (C=O) groups is 1. The Labute approximate surface area is 235 Å². The number of rotatable bonds is 7. The largest absolute Gasteiger partial charge is 0.416 e. The van der Waals surface area contributed by atoms with E-state index in [1.54, 1.807) is 31.1 Å². The van der Waals surface area contributed by atoms with E-state index in [9.17, 15) is 35.9 Å². The van der Waals surface area contributed by atoms with Crippen LogP contribution in [0.25, 0.3) is 16.6 Å². The summed E-state index contributed by atoms with van der Waals surface area (Å²) in [7, 11) is 3.31. The molecule has 0 aliphatic carbocycles. The molecule has 4 rings (SSSR count). The molecule has 222 valence electrons. The average Bonchev–Trinajstić information content (AvgIpc) is 2.92. The first-order chi connectivity index (χ1) is 19.6. The third kappa shape index (κ3) is 6.30. The van der Waals surface area contributed by atoms with Crippen molar-refractivity contribution < 1.29 is 35.5 Å². The summed E-state index contributed by atoms with van der Waals surface area (Å²) in [5.74, 6) is -2.09. The van der Waals surface area contributed by atoms with Gasteiger partial charge in [-0.2, -0.15) is 26.3 Å². The zero-order valence-electron chi connectivity index (χ0n) is 22.6. The van der Waals surface area contributed by atoms with E-state index in [1.165, 1.54) is 37.3 Å². The quantitative estimate of drug-likeness (QED) is 0.235. The molecule has 0 spiro atoms. The fourth-order valence-corrected chi connectivity index (χ4v) is 4.46. The van der Waals surface area contributed by atoms with Crippen LogP contribution in [0.2, 0.25) is 0 Å². The van der Waals surface area contributed by atoms with Crippen molar-refractivity contribution in [2.24, 2.45) is 0 Å². The number of nitrogens with zero attached hydrogens (tertiary/aromatic N) is 4. The third-order valence-electron chi connectivity index (χ3n) is 6.62. The highest BCUT2D eigenvalue weighted by Crippen LogP contribution is 2.37. The Bertz CT molecular complexity index is 1650. The molecule has 0 saturated heterocycles. The van der Waals surface area contributed by atoms with Crippen LogP contribution in [0.15, 0.2) is 71.5 Å². The van der Waals surface area contributed by atoms with Gasteiger partial charge in [-0.3, -0.25) is 14.2 Å². The van der Waals surface area contributed by atoms with Gasteiger partial charge in [0.15, 0.2) is 0 Å². The predicted molar refractivity (Wildman–Crippen MR) is 142 cm³/mol. The molecule has 0 N–H and O–H groups in total. The molecular formula is C29H25F7N4O2. The van der Waals surface area contributed by atoms with Crippen LogP contribution >= 0.6 is 0 Å². The van der Waals surface area contributed by atoms with Crippen LogP contribution in [0.4, 0.5) is 30.7 Å². The predicted octanol–water partition coefficient (Wildman–Crippen LogP) is 6.33. The lowest BCUT2D eigenvalue weighted by Gasteiger charge is -2.32. The number of hydrogen-bond acceptors (Lipinski definition) is 4. The van der Waals surface area contributed by atoms with Crippen LogP contribution in [-0.4, -0.2) is 52.4 Å². The summed E-state index contributed by atoms with van der Waals surface area (Å²) in [5, 5.41) is 0.135. The molecule has 0 fully saturated rings.